The molecule has 1 saturated heterocycles. The number of aliphatic hydroxyl groups is 1. The number of hydrogen-bond acceptors (Lipinski definition) is 8. The van der Waals surface area contributed by atoms with Gasteiger partial charge < -0.3 is 15.7 Å². The average Bonchev–Trinajstić information content (AvgIpc) is 3.09. The number of fused-ring (bicyclic) bond motifs is 1. The van der Waals surface area contributed by atoms with Crippen LogP contribution >= 0.6 is 0 Å². The Morgan fingerprint density at radius 2 is 1.87 bits per heavy atom. The first-order valence-corrected chi connectivity index (χ1v) is 14.2. The van der Waals surface area contributed by atoms with Gasteiger partial charge in [-0.3, -0.25) is 19.8 Å². The molecule has 3 aromatic rings. The molecule has 2 unspecified atom stereocenters. The van der Waals surface area contributed by atoms with E-state index >= 15 is 0 Å². The molecule has 2 amide bonds. The monoisotopic (exact) mass is 557 g/mol. The fraction of sp³-hybridized carbons (Fsp3) is 0.423. The van der Waals surface area contributed by atoms with E-state index in [2.05, 4.69) is 20.6 Å². The van der Waals surface area contributed by atoms with Crippen LogP contribution in [0.25, 0.3) is 11.0 Å². The Balaban J connectivity index is 1.45. The largest absolute Gasteiger partial charge is 0.390 e. The number of benzene rings is 1. The first-order valence-electron chi connectivity index (χ1n) is 12.8. The number of carbonyl (C=O) groups is 2. The molecule has 1 aliphatic heterocycles. The number of hydrogen-bond donors (Lipinski definition) is 4. The summed E-state index contributed by atoms with van der Waals surface area (Å²) in [5.74, 6) is -0.963. The summed E-state index contributed by atoms with van der Waals surface area (Å²) in [6.45, 7) is 3.68. The minimum atomic E-state index is -4.09. The number of rotatable bonds is 8. The second kappa shape index (κ2) is 12.0. The Hall–Kier alpha value is -3.68. The van der Waals surface area contributed by atoms with E-state index in [4.69, 9.17) is 0 Å². The normalized spacial score (nSPS) is 19.4. The van der Waals surface area contributed by atoms with Gasteiger partial charge in [0.1, 0.15) is 11.7 Å². The Kier molecular flexibility index (Phi) is 8.73. The Morgan fingerprint density at radius 1 is 1.15 bits per heavy atom. The van der Waals surface area contributed by atoms with Crippen molar-refractivity contribution in [2.75, 3.05) is 13.1 Å². The number of pyridine rings is 1. The van der Waals surface area contributed by atoms with Crippen molar-refractivity contribution in [2.45, 2.75) is 56.3 Å². The molecular formula is C26H33N6O6S+. The van der Waals surface area contributed by atoms with Gasteiger partial charge in [0, 0.05) is 30.0 Å². The van der Waals surface area contributed by atoms with Crippen LogP contribution in [-0.4, -0.2) is 76.1 Å². The highest BCUT2D eigenvalue weighted by atomic mass is 32.2. The Labute approximate surface area is 226 Å². The van der Waals surface area contributed by atoms with Gasteiger partial charge in [-0.1, -0.05) is 26.0 Å². The molecule has 2 aromatic heterocycles. The number of nitrogens with zero attached hydrogens (tertiary/aromatic N) is 4. The molecule has 0 saturated carbocycles. The number of nitrogens with one attached hydrogen (secondary N) is 2. The van der Waals surface area contributed by atoms with Crippen molar-refractivity contribution in [1.29, 1.82) is 0 Å². The lowest BCUT2D eigenvalue weighted by Crippen LogP contribution is -2.54. The molecule has 0 aliphatic carbocycles. The molecule has 0 spiro atoms. The fourth-order valence-electron chi connectivity index (χ4n) is 4.53. The lowest BCUT2D eigenvalue weighted by Gasteiger charge is -2.27. The van der Waals surface area contributed by atoms with Crippen LogP contribution in [0.15, 0.2) is 59.9 Å². The SMILES string of the molecule is CC(C)C[C@H](NC(=O)c1cnc2ccccc2n1)C(=O)NC1CCCN(S(=O)(=O)c2cccc[n+]2O)CC1O. The molecule has 3 atom stereocenters. The summed E-state index contributed by atoms with van der Waals surface area (Å²) in [5.41, 5.74) is 1.27. The maximum absolute atomic E-state index is 13.3. The molecule has 39 heavy (non-hydrogen) atoms. The predicted octanol–water partition coefficient (Wildman–Crippen LogP) is 0.630. The summed E-state index contributed by atoms with van der Waals surface area (Å²) in [5, 5.41) is 26.1. The second-order valence-electron chi connectivity index (χ2n) is 9.97. The third-order valence-corrected chi connectivity index (χ3v) is 8.39. The maximum Gasteiger partial charge on any atom is 0.361 e. The van der Waals surface area contributed by atoms with E-state index in [-0.39, 0.29) is 29.7 Å². The molecule has 1 aromatic carbocycles. The van der Waals surface area contributed by atoms with Gasteiger partial charge in [-0.05, 0) is 43.4 Å². The molecule has 208 valence electrons. The maximum atomic E-state index is 13.3. The van der Waals surface area contributed by atoms with E-state index in [1.807, 2.05) is 19.9 Å². The summed E-state index contributed by atoms with van der Waals surface area (Å²) < 4.78 is 27.8. The molecule has 12 nitrogen and oxygen atoms in total. The minimum Gasteiger partial charge on any atom is -0.390 e. The van der Waals surface area contributed by atoms with Crippen LogP contribution in [0.3, 0.4) is 0 Å². The van der Waals surface area contributed by atoms with Crippen molar-refractivity contribution < 1.29 is 33.1 Å². The molecule has 1 aliphatic rings. The van der Waals surface area contributed by atoms with Gasteiger partial charge >= 0.3 is 15.0 Å². The van der Waals surface area contributed by atoms with Crippen LogP contribution in [0.1, 0.15) is 43.6 Å². The van der Waals surface area contributed by atoms with E-state index < -0.39 is 40.0 Å². The lowest BCUT2D eigenvalue weighted by atomic mass is 10.0. The molecule has 4 rings (SSSR count). The highest BCUT2D eigenvalue weighted by Gasteiger charge is 2.38. The summed E-state index contributed by atoms with van der Waals surface area (Å²) in [4.78, 5) is 34.9. The minimum absolute atomic E-state index is 0.0690. The zero-order chi connectivity index (χ0) is 28.2. The van der Waals surface area contributed by atoms with E-state index in [1.165, 1.54) is 30.6 Å². The number of carbonyl (C=O) groups excluding carboxylic acids is 2. The van der Waals surface area contributed by atoms with E-state index in [0.717, 1.165) is 4.31 Å². The number of aromatic nitrogens is 3. The molecular weight excluding hydrogens is 524 g/mol. The third kappa shape index (κ3) is 6.67. The van der Waals surface area contributed by atoms with Crippen LogP contribution in [0.4, 0.5) is 0 Å². The average molecular weight is 558 g/mol. The second-order valence-corrected chi connectivity index (χ2v) is 11.9. The van der Waals surface area contributed by atoms with Crippen LogP contribution < -0.4 is 15.4 Å². The molecule has 4 N–H and O–H groups in total. The van der Waals surface area contributed by atoms with Crippen molar-refractivity contribution in [2.24, 2.45) is 5.92 Å². The number of para-hydroxylation sites is 2. The van der Waals surface area contributed by atoms with E-state index in [9.17, 15) is 28.3 Å². The highest BCUT2D eigenvalue weighted by molar-refractivity contribution is 7.88. The first kappa shape index (κ1) is 28.3. The quantitative estimate of drug-likeness (QED) is 0.231. The van der Waals surface area contributed by atoms with Crippen molar-refractivity contribution in [3.63, 3.8) is 0 Å². The third-order valence-electron chi connectivity index (χ3n) is 6.52. The molecule has 3 heterocycles. The summed E-state index contributed by atoms with van der Waals surface area (Å²) >= 11 is 0. The van der Waals surface area contributed by atoms with Gasteiger partial charge in [0.05, 0.1) is 29.4 Å². The number of aliphatic hydroxyl groups excluding tert-OH is 1. The van der Waals surface area contributed by atoms with Crippen LogP contribution in [-0.2, 0) is 14.8 Å². The molecule has 1 fully saturated rings. The Morgan fingerprint density at radius 3 is 2.59 bits per heavy atom. The standard InChI is InChI=1S/C26H32N6O6S/c1-17(2)14-21(30-26(35)22-15-27-18-8-3-4-9-19(18)28-22)25(34)29-20-10-7-12-31(16-23(20)33)39(37,38)24-11-5-6-13-32(24)36/h3-6,8-9,11,13,15,17,20-21,23,33H,7,10,12,14,16H2,1-2H3,(H2-,29,30,34,35,36)/p+1/t20?,21-,23?/m0/s1. The lowest BCUT2D eigenvalue weighted by molar-refractivity contribution is -0.933. The number of sulfonamides is 1. The van der Waals surface area contributed by atoms with Crippen molar-refractivity contribution in [1.82, 2.24) is 24.9 Å². The topological polar surface area (TPSA) is 166 Å². The van der Waals surface area contributed by atoms with Crippen molar-refractivity contribution in [3.05, 3.63) is 60.6 Å². The zero-order valence-electron chi connectivity index (χ0n) is 21.8. The number of amides is 2. The van der Waals surface area contributed by atoms with Gasteiger partial charge in [-0.2, -0.15) is 4.31 Å². The van der Waals surface area contributed by atoms with Gasteiger partial charge in [0.25, 0.3) is 5.91 Å². The highest BCUT2D eigenvalue weighted by Crippen LogP contribution is 2.19. The molecule has 0 bridgehead atoms. The van der Waals surface area contributed by atoms with Crippen LogP contribution in [0.5, 0.6) is 0 Å². The number of β-amino-alcohol motifs (C(OH)–C–C–N with tert-alkyl or cyclic N) is 1. The first-order chi connectivity index (χ1) is 18.6. The van der Waals surface area contributed by atoms with Crippen LogP contribution in [0.2, 0.25) is 0 Å². The zero-order valence-corrected chi connectivity index (χ0v) is 22.6. The summed E-state index contributed by atoms with van der Waals surface area (Å²) in [6, 6.07) is 9.74. The van der Waals surface area contributed by atoms with E-state index in [1.54, 1.807) is 18.2 Å². The van der Waals surface area contributed by atoms with Gasteiger partial charge in [0.2, 0.25) is 12.1 Å². The fourth-order valence-corrected chi connectivity index (χ4v) is 6.06. The predicted molar refractivity (Wildman–Crippen MR) is 140 cm³/mol. The van der Waals surface area contributed by atoms with Crippen molar-refractivity contribution in [3.8, 4) is 0 Å². The van der Waals surface area contributed by atoms with Gasteiger partial charge in [-0.25, -0.2) is 13.4 Å². The van der Waals surface area contributed by atoms with Gasteiger partial charge in [0.15, 0.2) is 0 Å². The molecule has 13 heteroatoms. The molecule has 0 radical (unpaired) electrons. The van der Waals surface area contributed by atoms with Gasteiger partial charge in [-0.15, -0.1) is 0 Å². The smallest absolute Gasteiger partial charge is 0.361 e. The summed E-state index contributed by atoms with van der Waals surface area (Å²) in [6.07, 6.45) is 2.39. The van der Waals surface area contributed by atoms with E-state index in [0.29, 0.717) is 35.0 Å². The van der Waals surface area contributed by atoms with Crippen molar-refractivity contribution >= 4 is 32.9 Å². The van der Waals surface area contributed by atoms with Crippen LogP contribution in [0, 0.1) is 5.92 Å². The Bertz CT molecular complexity index is 1450. The summed E-state index contributed by atoms with van der Waals surface area (Å²) in [7, 11) is -4.09.